The monoisotopic (exact) mass is 412 g/mol. The summed E-state index contributed by atoms with van der Waals surface area (Å²) < 4.78 is 10.2. The molecule has 0 aliphatic rings. The van der Waals surface area contributed by atoms with E-state index in [4.69, 9.17) is 32.7 Å². The van der Waals surface area contributed by atoms with Crippen LogP contribution in [-0.2, 0) is 20.9 Å². The highest BCUT2D eigenvalue weighted by molar-refractivity contribution is 6.35. The highest BCUT2D eigenvalue weighted by Crippen LogP contribution is 2.27. The molecule has 2 aromatic carbocycles. The van der Waals surface area contributed by atoms with Crippen molar-refractivity contribution < 1.29 is 24.0 Å². The standard InChI is InChI=1S/C17H14Cl2N2O6/c18-12-4-5-15(14(19)7-12)26-10-16(22)20-8-17(23)27-9-11-2-1-3-13(6-11)21(24)25/h1-7H,8-10H2,(H,20,22). The smallest absolute Gasteiger partial charge is 0.325 e. The first-order valence-corrected chi connectivity index (χ1v) is 8.34. The fourth-order valence-electron chi connectivity index (χ4n) is 1.93. The minimum Gasteiger partial charge on any atom is -0.482 e. The largest absolute Gasteiger partial charge is 0.482 e. The summed E-state index contributed by atoms with van der Waals surface area (Å²) in [5.41, 5.74) is 0.361. The molecule has 8 nitrogen and oxygen atoms in total. The fourth-order valence-corrected chi connectivity index (χ4v) is 2.40. The summed E-state index contributed by atoms with van der Waals surface area (Å²) in [7, 11) is 0. The van der Waals surface area contributed by atoms with Gasteiger partial charge in [0.25, 0.3) is 11.6 Å². The van der Waals surface area contributed by atoms with Gasteiger partial charge in [-0.05, 0) is 23.8 Å². The van der Waals surface area contributed by atoms with Crippen molar-refractivity contribution >= 4 is 40.8 Å². The summed E-state index contributed by atoms with van der Waals surface area (Å²) in [4.78, 5) is 33.5. The molecule has 2 rings (SSSR count). The number of non-ortho nitro benzene ring substituents is 1. The Morgan fingerprint density at radius 1 is 1.15 bits per heavy atom. The SMILES string of the molecule is O=C(COc1ccc(Cl)cc1Cl)NCC(=O)OCc1cccc([N+](=O)[O-])c1. The highest BCUT2D eigenvalue weighted by atomic mass is 35.5. The molecule has 0 radical (unpaired) electrons. The number of nitro groups is 1. The number of carbonyl (C=O) groups excluding carboxylic acids is 2. The second-order valence-corrected chi connectivity index (χ2v) is 6.07. The Hall–Kier alpha value is -2.84. The molecule has 0 unspecified atom stereocenters. The lowest BCUT2D eigenvalue weighted by atomic mass is 10.2. The van der Waals surface area contributed by atoms with Crippen LogP contribution >= 0.6 is 23.2 Å². The van der Waals surface area contributed by atoms with Crippen LogP contribution in [0.4, 0.5) is 5.69 Å². The third-order valence-electron chi connectivity index (χ3n) is 3.20. The van der Waals surface area contributed by atoms with Gasteiger partial charge < -0.3 is 14.8 Å². The molecule has 142 valence electrons. The lowest BCUT2D eigenvalue weighted by Gasteiger charge is -2.09. The Morgan fingerprint density at radius 3 is 2.63 bits per heavy atom. The van der Waals surface area contributed by atoms with E-state index in [0.717, 1.165) is 0 Å². The molecule has 0 aliphatic heterocycles. The molecule has 0 aliphatic carbocycles. The van der Waals surface area contributed by atoms with Gasteiger partial charge in [0.05, 0.1) is 9.95 Å². The number of hydrogen-bond donors (Lipinski definition) is 1. The van der Waals surface area contributed by atoms with Crippen LogP contribution in [0.25, 0.3) is 0 Å². The van der Waals surface area contributed by atoms with Crippen LogP contribution in [0.15, 0.2) is 42.5 Å². The molecular formula is C17H14Cl2N2O6. The normalized spacial score (nSPS) is 10.1. The van der Waals surface area contributed by atoms with Crippen molar-refractivity contribution in [2.45, 2.75) is 6.61 Å². The van der Waals surface area contributed by atoms with Crippen molar-refractivity contribution in [1.82, 2.24) is 5.32 Å². The number of carbonyl (C=O) groups is 2. The Bertz CT molecular complexity index is 859. The Kier molecular flexibility index (Phi) is 7.39. The van der Waals surface area contributed by atoms with Gasteiger partial charge in [-0.2, -0.15) is 0 Å². The molecule has 10 heteroatoms. The van der Waals surface area contributed by atoms with Crippen molar-refractivity contribution in [2.75, 3.05) is 13.2 Å². The number of hydrogen-bond acceptors (Lipinski definition) is 6. The van der Waals surface area contributed by atoms with Crippen LogP contribution in [0, 0.1) is 10.1 Å². The number of halogens is 2. The molecule has 2 aromatic rings. The number of benzene rings is 2. The van der Waals surface area contributed by atoms with Crippen LogP contribution in [0.1, 0.15) is 5.56 Å². The van der Waals surface area contributed by atoms with E-state index in [9.17, 15) is 19.7 Å². The van der Waals surface area contributed by atoms with Crippen LogP contribution in [0.2, 0.25) is 10.0 Å². The topological polar surface area (TPSA) is 108 Å². The van der Waals surface area contributed by atoms with Gasteiger partial charge in [-0.15, -0.1) is 0 Å². The summed E-state index contributed by atoms with van der Waals surface area (Å²) in [6, 6.07) is 10.3. The van der Waals surface area contributed by atoms with Gasteiger partial charge in [-0.1, -0.05) is 35.3 Å². The zero-order valence-electron chi connectivity index (χ0n) is 13.8. The van der Waals surface area contributed by atoms with Crippen LogP contribution in [-0.4, -0.2) is 30.0 Å². The molecule has 0 heterocycles. The third kappa shape index (κ3) is 6.76. The maximum absolute atomic E-state index is 11.7. The van der Waals surface area contributed by atoms with Crippen LogP contribution in [0.5, 0.6) is 5.75 Å². The number of esters is 1. The second kappa shape index (κ2) is 9.75. The summed E-state index contributed by atoms with van der Waals surface area (Å²) in [5, 5.41) is 13.7. The van der Waals surface area contributed by atoms with E-state index in [2.05, 4.69) is 5.32 Å². The third-order valence-corrected chi connectivity index (χ3v) is 3.73. The molecule has 0 spiro atoms. The van der Waals surface area contributed by atoms with E-state index in [1.54, 1.807) is 12.1 Å². The minimum atomic E-state index is -0.695. The van der Waals surface area contributed by atoms with E-state index < -0.39 is 16.8 Å². The minimum absolute atomic E-state index is 0.102. The van der Waals surface area contributed by atoms with E-state index >= 15 is 0 Å². The molecule has 27 heavy (non-hydrogen) atoms. The van der Waals surface area contributed by atoms with Crippen LogP contribution < -0.4 is 10.1 Å². The van der Waals surface area contributed by atoms with Gasteiger partial charge in [0, 0.05) is 17.2 Å². The number of nitrogens with zero attached hydrogens (tertiary/aromatic N) is 1. The molecule has 1 N–H and O–H groups in total. The van der Waals surface area contributed by atoms with Gasteiger partial charge in [-0.25, -0.2) is 0 Å². The van der Waals surface area contributed by atoms with Crippen molar-refractivity contribution in [3.05, 3.63) is 68.2 Å². The van der Waals surface area contributed by atoms with Crippen molar-refractivity contribution in [1.29, 1.82) is 0 Å². The number of ether oxygens (including phenoxy) is 2. The van der Waals surface area contributed by atoms with E-state index in [0.29, 0.717) is 10.6 Å². The summed E-state index contributed by atoms with van der Waals surface area (Å²) in [6.45, 7) is -0.863. The fraction of sp³-hybridized carbons (Fsp3) is 0.176. The quantitative estimate of drug-likeness (QED) is 0.405. The Morgan fingerprint density at radius 2 is 1.93 bits per heavy atom. The zero-order chi connectivity index (χ0) is 19.8. The first-order valence-electron chi connectivity index (χ1n) is 7.58. The van der Waals surface area contributed by atoms with E-state index in [1.165, 1.54) is 30.3 Å². The summed E-state index contributed by atoms with van der Waals surface area (Å²) in [6.07, 6.45) is 0. The predicted octanol–water partition coefficient (Wildman–Crippen LogP) is 3.14. The van der Waals surface area contributed by atoms with Crippen molar-refractivity contribution in [2.24, 2.45) is 0 Å². The maximum Gasteiger partial charge on any atom is 0.325 e. The molecule has 0 aromatic heterocycles. The van der Waals surface area contributed by atoms with E-state index in [1.807, 2.05) is 0 Å². The lowest BCUT2D eigenvalue weighted by Crippen LogP contribution is -2.34. The van der Waals surface area contributed by atoms with Crippen LogP contribution in [0.3, 0.4) is 0 Å². The number of nitro benzene ring substituents is 1. The molecule has 0 saturated carbocycles. The van der Waals surface area contributed by atoms with Crippen molar-refractivity contribution in [3.63, 3.8) is 0 Å². The summed E-state index contributed by atoms with van der Waals surface area (Å²) in [5.74, 6) is -0.961. The second-order valence-electron chi connectivity index (χ2n) is 5.23. The molecule has 0 atom stereocenters. The van der Waals surface area contributed by atoms with Gasteiger partial charge >= 0.3 is 5.97 Å². The molecule has 0 fully saturated rings. The first kappa shape index (κ1) is 20.5. The molecule has 0 saturated heterocycles. The average molecular weight is 413 g/mol. The predicted molar refractivity (Wildman–Crippen MR) is 97.9 cm³/mol. The molecule has 0 bridgehead atoms. The molecular weight excluding hydrogens is 399 g/mol. The zero-order valence-corrected chi connectivity index (χ0v) is 15.3. The highest BCUT2D eigenvalue weighted by Gasteiger charge is 2.11. The number of nitrogens with one attached hydrogen (secondary N) is 1. The van der Waals surface area contributed by atoms with Gasteiger partial charge in [0.15, 0.2) is 6.61 Å². The Labute approximate surface area is 164 Å². The van der Waals surface area contributed by atoms with Gasteiger partial charge in [0.1, 0.15) is 18.9 Å². The average Bonchev–Trinajstić information content (AvgIpc) is 2.64. The lowest BCUT2D eigenvalue weighted by molar-refractivity contribution is -0.384. The first-order chi connectivity index (χ1) is 12.8. The van der Waals surface area contributed by atoms with Gasteiger partial charge in [-0.3, -0.25) is 19.7 Å². The number of amides is 1. The Balaban J connectivity index is 1.72. The van der Waals surface area contributed by atoms with Crippen molar-refractivity contribution in [3.8, 4) is 5.75 Å². The van der Waals surface area contributed by atoms with Gasteiger partial charge in [0.2, 0.25) is 0 Å². The number of rotatable bonds is 8. The molecule has 1 amide bonds. The van der Waals surface area contributed by atoms with E-state index in [-0.39, 0.29) is 36.2 Å². The summed E-state index contributed by atoms with van der Waals surface area (Å²) >= 11 is 11.7. The maximum atomic E-state index is 11.7.